The molecule has 0 aliphatic carbocycles. The molecule has 114 valence electrons. The predicted molar refractivity (Wildman–Crippen MR) is 86.2 cm³/mol. The largest absolute Gasteiger partial charge is 0.476 e. The number of hydrogen-bond acceptors (Lipinski definition) is 4. The minimum atomic E-state index is -0.0383. The Morgan fingerprint density at radius 3 is 2.40 bits per heavy atom. The van der Waals surface area contributed by atoms with Gasteiger partial charge in [0.25, 0.3) is 0 Å². The molecule has 0 radical (unpaired) electrons. The van der Waals surface area contributed by atoms with E-state index in [0.29, 0.717) is 18.2 Å². The van der Waals surface area contributed by atoms with Crippen LogP contribution in [-0.4, -0.2) is 17.1 Å². The molecule has 3 N–H and O–H groups in total. The van der Waals surface area contributed by atoms with E-state index < -0.39 is 0 Å². The van der Waals surface area contributed by atoms with Gasteiger partial charge in [0.05, 0.1) is 12.3 Å². The van der Waals surface area contributed by atoms with Crippen molar-refractivity contribution in [2.75, 3.05) is 17.7 Å². The Kier molecular flexibility index (Phi) is 5.26. The van der Waals surface area contributed by atoms with Gasteiger partial charge in [-0.25, -0.2) is 0 Å². The highest BCUT2D eigenvalue weighted by atomic mass is 16.5. The molecule has 1 aromatic heterocycles. The molecule has 1 heterocycles. The van der Waals surface area contributed by atoms with Gasteiger partial charge >= 0.3 is 0 Å². The van der Waals surface area contributed by atoms with Gasteiger partial charge in [-0.2, -0.15) is 4.98 Å². The van der Waals surface area contributed by atoms with Crippen LogP contribution in [0, 0.1) is 5.41 Å². The molecule has 0 unspecified atom stereocenters. The molecule has 4 heteroatoms. The maximum atomic E-state index is 5.88. The first-order chi connectivity index (χ1) is 9.13. The van der Waals surface area contributed by atoms with E-state index >= 15 is 0 Å². The van der Waals surface area contributed by atoms with Crippen molar-refractivity contribution in [2.24, 2.45) is 5.41 Å². The Morgan fingerprint density at radius 2 is 1.85 bits per heavy atom. The summed E-state index contributed by atoms with van der Waals surface area (Å²) >= 11 is 0. The number of ether oxygens (including phenoxy) is 1. The second-order valence-corrected chi connectivity index (χ2v) is 7.19. The number of hydrogen-bond donors (Lipinski definition) is 2. The second kappa shape index (κ2) is 6.33. The van der Waals surface area contributed by atoms with Gasteiger partial charge in [0.1, 0.15) is 5.82 Å². The normalized spacial score (nSPS) is 12.3. The molecule has 1 aromatic rings. The van der Waals surface area contributed by atoms with E-state index in [-0.39, 0.29) is 11.0 Å². The second-order valence-electron chi connectivity index (χ2n) is 7.19. The third-order valence-electron chi connectivity index (χ3n) is 2.77. The van der Waals surface area contributed by atoms with Crippen molar-refractivity contribution in [3.63, 3.8) is 0 Å². The summed E-state index contributed by atoms with van der Waals surface area (Å²) in [5.74, 6) is 1.32. The molecular weight excluding hydrogens is 250 g/mol. The van der Waals surface area contributed by atoms with Crippen LogP contribution in [0.25, 0.3) is 0 Å². The Hall–Kier alpha value is -1.45. The summed E-state index contributed by atoms with van der Waals surface area (Å²) < 4.78 is 5.57. The minimum Gasteiger partial charge on any atom is -0.476 e. The van der Waals surface area contributed by atoms with Gasteiger partial charge in [-0.3, -0.25) is 0 Å². The van der Waals surface area contributed by atoms with Crippen molar-refractivity contribution in [1.29, 1.82) is 0 Å². The van der Waals surface area contributed by atoms with Crippen molar-refractivity contribution < 1.29 is 4.74 Å². The van der Waals surface area contributed by atoms with Crippen LogP contribution in [0.4, 0.5) is 11.5 Å². The molecule has 0 aliphatic rings. The molecule has 0 aliphatic heterocycles. The Bertz CT molecular complexity index is 436. The fraction of sp³-hybridized carbons (Fsp3) is 0.688. The monoisotopic (exact) mass is 279 g/mol. The van der Waals surface area contributed by atoms with Crippen molar-refractivity contribution in [1.82, 2.24) is 4.98 Å². The Labute approximate surface area is 123 Å². The van der Waals surface area contributed by atoms with E-state index in [9.17, 15) is 0 Å². The van der Waals surface area contributed by atoms with E-state index in [1.807, 2.05) is 12.1 Å². The molecule has 0 saturated carbocycles. The third kappa shape index (κ3) is 5.68. The molecule has 0 bridgehead atoms. The van der Waals surface area contributed by atoms with Crippen LogP contribution in [0.5, 0.6) is 5.88 Å². The summed E-state index contributed by atoms with van der Waals surface area (Å²) in [5.41, 5.74) is 6.68. The molecule has 0 spiro atoms. The predicted octanol–water partition coefficient (Wildman–Crippen LogP) is 4.08. The maximum absolute atomic E-state index is 5.88. The number of nitrogens with two attached hydrogens (primary N) is 1. The van der Waals surface area contributed by atoms with Crippen LogP contribution < -0.4 is 15.8 Å². The smallest absolute Gasteiger partial charge is 0.239 e. The number of rotatable bonds is 6. The van der Waals surface area contributed by atoms with E-state index in [0.717, 1.165) is 18.7 Å². The Balaban J connectivity index is 2.81. The van der Waals surface area contributed by atoms with Gasteiger partial charge in [-0.15, -0.1) is 0 Å². The highest BCUT2D eigenvalue weighted by Gasteiger charge is 2.25. The van der Waals surface area contributed by atoms with Crippen molar-refractivity contribution >= 4 is 11.5 Å². The third-order valence-corrected chi connectivity index (χ3v) is 2.77. The maximum Gasteiger partial charge on any atom is 0.239 e. The molecule has 1 rings (SSSR count). The summed E-state index contributed by atoms with van der Waals surface area (Å²) in [6.45, 7) is 13.8. The SMILES string of the molecule is CCCOc1nc(NC(C)(C)CC(C)(C)C)ccc1N. The number of nitrogens with zero attached hydrogens (tertiary/aromatic N) is 1. The summed E-state index contributed by atoms with van der Waals surface area (Å²) in [5, 5.41) is 3.47. The molecule has 0 fully saturated rings. The van der Waals surface area contributed by atoms with E-state index in [1.165, 1.54) is 0 Å². The standard InChI is InChI=1S/C16H29N3O/c1-7-10-20-14-12(17)8-9-13(18-14)19-16(5,6)11-15(2,3)4/h8-9H,7,10-11,17H2,1-6H3,(H,18,19). The lowest BCUT2D eigenvalue weighted by Gasteiger charge is -2.33. The van der Waals surface area contributed by atoms with Crippen LogP contribution in [0.1, 0.15) is 54.4 Å². The fourth-order valence-corrected chi connectivity index (χ4v) is 2.55. The fourth-order valence-electron chi connectivity index (χ4n) is 2.55. The van der Waals surface area contributed by atoms with E-state index in [1.54, 1.807) is 0 Å². The molecule has 0 aromatic carbocycles. The summed E-state index contributed by atoms with van der Waals surface area (Å²) in [4.78, 5) is 4.47. The van der Waals surface area contributed by atoms with Crippen LogP contribution >= 0.6 is 0 Å². The van der Waals surface area contributed by atoms with Crippen molar-refractivity contribution in [3.05, 3.63) is 12.1 Å². The first kappa shape index (κ1) is 16.6. The van der Waals surface area contributed by atoms with Gasteiger partial charge in [0.2, 0.25) is 5.88 Å². The minimum absolute atomic E-state index is 0.0383. The molecular formula is C16H29N3O. The first-order valence-electron chi connectivity index (χ1n) is 7.30. The molecule has 0 amide bonds. The molecule has 4 nitrogen and oxygen atoms in total. The first-order valence-corrected chi connectivity index (χ1v) is 7.30. The van der Waals surface area contributed by atoms with E-state index in [2.05, 4.69) is 51.8 Å². The zero-order valence-corrected chi connectivity index (χ0v) is 13.7. The topological polar surface area (TPSA) is 60.2 Å². The number of aromatic nitrogens is 1. The number of nitrogens with one attached hydrogen (secondary N) is 1. The van der Waals surface area contributed by atoms with Crippen molar-refractivity contribution in [3.8, 4) is 5.88 Å². The van der Waals surface area contributed by atoms with Crippen LogP contribution in [-0.2, 0) is 0 Å². The number of pyridine rings is 1. The molecule has 0 saturated heterocycles. The lowest BCUT2D eigenvalue weighted by Crippen LogP contribution is -2.35. The van der Waals surface area contributed by atoms with Crippen LogP contribution in [0.3, 0.4) is 0 Å². The van der Waals surface area contributed by atoms with Crippen LogP contribution in [0.15, 0.2) is 12.1 Å². The number of nitrogen functional groups attached to an aromatic ring is 1. The average Bonchev–Trinajstić information content (AvgIpc) is 2.26. The van der Waals surface area contributed by atoms with Crippen molar-refractivity contribution in [2.45, 2.75) is 59.9 Å². The summed E-state index contributed by atoms with van der Waals surface area (Å²) in [7, 11) is 0. The van der Waals surface area contributed by atoms with Gasteiger partial charge in [-0.1, -0.05) is 27.7 Å². The zero-order chi connectivity index (χ0) is 15.4. The summed E-state index contributed by atoms with van der Waals surface area (Å²) in [6, 6.07) is 3.74. The van der Waals surface area contributed by atoms with Gasteiger partial charge in [0.15, 0.2) is 0 Å². The quantitative estimate of drug-likeness (QED) is 0.823. The highest BCUT2D eigenvalue weighted by Crippen LogP contribution is 2.30. The van der Waals surface area contributed by atoms with Gasteiger partial charge in [-0.05, 0) is 44.2 Å². The zero-order valence-electron chi connectivity index (χ0n) is 13.7. The lowest BCUT2D eigenvalue weighted by atomic mass is 9.82. The molecule has 0 atom stereocenters. The average molecular weight is 279 g/mol. The van der Waals surface area contributed by atoms with Gasteiger partial charge in [0, 0.05) is 5.54 Å². The Morgan fingerprint density at radius 1 is 1.20 bits per heavy atom. The van der Waals surface area contributed by atoms with E-state index in [4.69, 9.17) is 10.5 Å². The highest BCUT2D eigenvalue weighted by molar-refractivity contribution is 5.54. The lowest BCUT2D eigenvalue weighted by molar-refractivity contribution is 0.299. The van der Waals surface area contributed by atoms with Gasteiger partial charge < -0.3 is 15.8 Å². The number of anilines is 2. The molecule has 20 heavy (non-hydrogen) atoms. The summed E-state index contributed by atoms with van der Waals surface area (Å²) in [6.07, 6.45) is 1.98. The van der Waals surface area contributed by atoms with Crippen LogP contribution in [0.2, 0.25) is 0 Å².